The Morgan fingerprint density at radius 3 is 2.94 bits per heavy atom. The summed E-state index contributed by atoms with van der Waals surface area (Å²) in [6.45, 7) is 2.16. The largest absolute Gasteiger partial charge is 0.482 e. The molecule has 0 N–H and O–H groups in total. The second-order valence-electron chi connectivity index (χ2n) is 4.11. The molecule has 16 heavy (non-hydrogen) atoms. The summed E-state index contributed by atoms with van der Waals surface area (Å²) in [4.78, 5) is 12.0. The van der Waals surface area contributed by atoms with Crippen molar-refractivity contribution in [1.82, 2.24) is 0 Å². The van der Waals surface area contributed by atoms with Crippen molar-refractivity contribution in [2.24, 2.45) is 0 Å². The fourth-order valence-corrected chi connectivity index (χ4v) is 2.31. The van der Waals surface area contributed by atoms with E-state index in [2.05, 4.69) is 22.9 Å². The van der Waals surface area contributed by atoms with Crippen LogP contribution in [0.15, 0.2) is 22.7 Å². The number of hydrogen-bond donors (Lipinski definition) is 0. The number of hydrogen-bond acceptors (Lipinski definition) is 2. The molecule has 0 aliphatic carbocycles. The molecule has 1 aliphatic rings. The quantitative estimate of drug-likeness (QED) is 0.781. The lowest BCUT2D eigenvalue weighted by atomic mass is 10.0. The highest BCUT2D eigenvalue weighted by atomic mass is 79.9. The van der Waals surface area contributed by atoms with E-state index in [0.29, 0.717) is 0 Å². The van der Waals surface area contributed by atoms with E-state index in [-0.39, 0.29) is 11.9 Å². The molecule has 0 aromatic heterocycles. The summed E-state index contributed by atoms with van der Waals surface area (Å²) >= 11 is 3.37. The lowest BCUT2D eigenvalue weighted by Gasteiger charge is -2.07. The molecule has 1 aromatic rings. The van der Waals surface area contributed by atoms with Crippen molar-refractivity contribution in [3.05, 3.63) is 28.2 Å². The zero-order chi connectivity index (χ0) is 11.5. The molecular formula is C13H15BrO2. The second-order valence-corrected chi connectivity index (χ2v) is 5.02. The first-order valence-electron chi connectivity index (χ1n) is 5.72. The summed E-state index contributed by atoms with van der Waals surface area (Å²) in [5.41, 5.74) is 0.718. The fourth-order valence-electron chi connectivity index (χ4n) is 1.95. The fraction of sp³-hybridized carbons (Fsp3) is 0.462. The molecule has 1 atom stereocenters. The molecule has 0 amide bonds. The highest BCUT2D eigenvalue weighted by Gasteiger charge is 2.31. The van der Waals surface area contributed by atoms with E-state index in [1.165, 1.54) is 6.42 Å². The van der Waals surface area contributed by atoms with E-state index in [0.717, 1.165) is 35.0 Å². The van der Waals surface area contributed by atoms with Gasteiger partial charge in [0.15, 0.2) is 6.10 Å². The van der Waals surface area contributed by atoms with Gasteiger partial charge in [-0.25, -0.2) is 0 Å². The van der Waals surface area contributed by atoms with Gasteiger partial charge in [0.2, 0.25) is 5.78 Å². The summed E-state index contributed by atoms with van der Waals surface area (Å²) < 4.78 is 6.58. The summed E-state index contributed by atoms with van der Waals surface area (Å²) in [6.07, 6.45) is 3.96. The number of halogens is 1. The van der Waals surface area contributed by atoms with Gasteiger partial charge in [-0.2, -0.15) is 0 Å². The normalized spacial score (nSPS) is 18.4. The molecular weight excluding hydrogens is 268 g/mol. The van der Waals surface area contributed by atoms with E-state index in [1.54, 1.807) is 0 Å². The Kier molecular flexibility index (Phi) is 3.64. The Hall–Kier alpha value is -0.830. The lowest BCUT2D eigenvalue weighted by Crippen LogP contribution is -2.20. The van der Waals surface area contributed by atoms with Crippen LogP contribution in [0.1, 0.15) is 43.0 Å². The monoisotopic (exact) mass is 282 g/mol. The summed E-state index contributed by atoms with van der Waals surface area (Å²) in [5.74, 6) is 0.863. The van der Waals surface area contributed by atoms with E-state index in [4.69, 9.17) is 4.74 Å². The van der Waals surface area contributed by atoms with Gasteiger partial charge in [0.1, 0.15) is 5.75 Å². The van der Waals surface area contributed by atoms with Crippen LogP contribution in [0.25, 0.3) is 0 Å². The first-order chi connectivity index (χ1) is 7.72. The van der Waals surface area contributed by atoms with Crippen molar-refractivity contribution in [3.63, 3.8) is 0 Å². The van der Waals surface area contributed by atoms with E-state index < -0.39 is 0 Å². The van der Waals surface area contributed by atoms with Crippen molar-refractivity contribution in [3.8, 4) is 5.75 Å². The molecule has 1 aliphatic heterocycles. The maximum Gasteiger partial charge on any atom is 0.207 e. The molecule has 3 heteroatoms. The van der Waals surface area contributed by atoms with Gasteiger partial charge in [0, 0.05) is 4.47 Å². The molecule has 2 nitrogen and oxygen atoms in total. The zero-order valence-electron chi connectivity index (χ0n) is 9.33. The van der Waals surface area contributed by atoms with Crippen LogP contribution < -0.4 is 4.74 Å². The van der Waals surface area contributed by atoms with Crippen LogP contribution >= 0.6 is 15.9 Å². The second kappa shape index (κ2) is 5.00. The predicted molar refractivity (Wildman–Crippen MR) is 67.0 cm³/mol. The molecule has 86 valence electrons. The summed E-state index contributed by atoms with van der Waals surface area (Å²) in [6, 6.07) is 5.61. The number of carbonyl (C=O) groups is 1. The Bertz CT molecular complexity index is 401. The van der Waals surface area contributed by atoms with Gasteiger partial charge in [-0.1, -0.05) is 35.7 Å². The molecule has 0 bridgehead atoms. The standard InChI is InChI=1S/C13H15BrO2/c1-2-3-4-5-12-13(15)10-8-9(14)6-7-11(10)16-12/h6-8,12H,2-5H2,1H3. The van der Waals surface area contributed by atoms with Crippen LogP contribution in [-0.2, 0) is 0 Å². The number of ether oxygens (including phenoxy) is 1. The van der Waals surface area contributed by atoms with Gasteiger partial charge in [0.25, 0.3) is 0 Å². The molecule has 1 unspecified atom stereocenters. The number of fused-ring (bicyclic) bond motifs is 1. The highest BCUT2D eigenvalue weighted by molar-refractivity contribution is 9.10. The minimum Gasteiger partial charge on any atom is -0.482 e. The number of benzene rings is 1. The number of rotatable bonds is 4. The molecule has 1 heterocycles. The van der Waals surface area contributed by atoms with Crippen molar-refractivity contribution < 1.29 is 9.53 Å². The van der Waals surface area contributed by atoms with E-state index in [1.807, 2.05) is 18.2 Å². The minimum absolute atomic E-state index is 0.132. The predicted octanol–water partition coefficient (Wildman–Crippen LogP) is 3.97. The number of Topliss-reactive ketones (excluding diaryl/α,β-unsaturated/α-hetero) is 1. The Morgan fingerprint density at radius 1 is 1.38 bits per heavy atom. The van der Waals surface area contributed by atoms with Gasteiger partial charge in [-0.05, 0) is 31.0 Å². The maximum atomic E-state index is 12.0. The van der Waals surface area contributed by atoms with Gasteiger partial charge in [-0.15, -0.1) is 0 Å². The Balaban J connectivity index is 2.06. The molecule has 0 radical (unpaired) electrons. The molecule has 0 spiro atoms. The topological polar surface area (TPSA) is 26.3 Å². The third kappa shape index (κ3) is 2.29. The van der Waals surface area contributed by atoms with Crippen LogP contribution in [0, 0.1) is 0 Å². The zero-order valence-corrected chi connectivity index (χ0v) is 10.9. The van der Waals surface area contributed by atoms with Crippen LogP contribution in [0.5, 0.6) is 5.75 Å². The Morgan fingerprint density at radius 2 is 2.19 bits per heavy atom. The Labute approximate surface area is 104 Å². The lowest BCUT2D eigenvalue weighted by molar-refractivity contribution is 0.0842. The summed E-state index contributed by atoms with van der Waals surface area (Å²) in [5, 5.41) is 0. The minimum atomic E-state index is -0.254. The average Bonchev–Trinajstić information content (AvgIpc) is 2.57. The maximum absolute atomic E-state index is 12.0. The SMILES string of the molecule is CCCCCC1Oc2ccc(Br)cc2C1=O. The average molecular weight is 283 g/mol. The molecule has 0 fully saturated rings. The first kappa shape index (κ1) is 11.6. The third-order valence-corrected chi connectivity index (χ3v) is 3.33. The molecule has 0 saturated carbocycles. The van der Waals surface area contributed by atoms with Crippen molar-refractivity contribution in [2.75, 3.05) is 0 Å². The third-order valence-electron chi connectivity index (χ3n) is 2.84. The smallest absolute Gasteiger partial charge is 0.207 e. The van der Waals surface area contributed by atoms with Gasteiger partial charge in [-0.3, -0.25) is 4.79 Å². The number of unbranched alkanes of at least 4 members (excludes halogenated alkanes) is 2. The van der Waals surface area contributed by atoms with Crippen LogP contribution in [0.4, 0.5) is 0 Å². The number of ketones is 1. The highest BCUT2D eigenvalue weighted by Crippen LogP contribution is 2.32. The van der Waals surface area contributed by atoms with Crippen molar-refractivity contribution in [1.29, 1.82) is 0 Å². The van der Waals surface area contributed by atoms with Gasteiger partial charge >= 0.3 is 0 Å². The molecule has 0 saturated heterocycles. The number of carbonyl (C=O) groups excluding carboxylic acids is 1. The van der Waals surface area contributed by atoms with E-state index >= 15 is 0 Å². The van der Waals surface area contributed by atoms with Crippen LogP contribution in [-0.4, -0.2) is 11.9 Å². The molecule has 1 aromatic carbocycles. The van der Waals surface area contributed by atoms with Crippen molar-refractivity contribution >= 4 is 21.7 Å². The van der Waals surface area contributed by atoms with E-state index in [9.17, 15) is 4.79 Å². The van der Waals surface area contributed by atoms with Gasteiger partial charge < -0.3 is 4.74 Å². The van der Waals surface area contributed by atoms with Gasteiger partial charge in [0.05, 0.1) is 5.56 Å². The first-order valence-corrected chi connectivity index (χ1v) is 6.52. The van der Waals surface area contributed by atoms with Crippen molar-refractivity contribution in [2.45, 2.75) is 38.7 Å². The van der Waals surface area contributed by atoms with Crippen LogP contribution in [0.3, 0.4) is 0 Å². The van der Waals surface area contributed by atoms with Crippen LogP contribution in [0.2, 0.25) is 0 Å². The molecule has 2 rings (SSSR count). The summed E-state index contributed by atoms with van der Waals surface area (Å²) in [7, 11) is 0.